The van der Waals surface area contributed by atoms with Crippen molar-refractivity contribution in [3.8, 4) is 0 Å². The van der Waals surface area contributed by atoms with Crippen molar-refractivity contribution in [2.24, 2.45) is 0 Å². The molecule has 1 amide bonds. The van der Waals surface area contributed by atoms with E-state index >= 15 is 0 Å². The molecule has 0 aliphatic carbocycles. The van der Waals surface area contributed by atoms with Crippen LogP contribution in [0, 0.1) is 23.3 Å². The molecule has 2 aromatic heterocycles. The van der Waals surface area contributed by atoms with Crippen LogP contribution in [0.3, 0.4) is 0 Å². The van der Waals surface area contributed by atoms with E-state index in [1.807, 2.05) is 29.6 Å². The molecule has 2 heterocycles. The number of rotatable bonds is 5. The van der Waals surface area contributed by atoms with E-state index in [4.69, 9.17) is 0 Å². The number of fused-ring (bicyclic) bond motifs is 3. The van der Waals surface area contributed by atoms with Gasteiger partial charge in [-0.25, -0.2) is 22.5 Å². The lowest BCUT2D eigenvalue weighted by atomic mass is 10.2. The quantitative estimate of drug-likeness (QED) is 0.287. The summed E-state index contributed by atoms with van der Waals surface area (Å²) >= 11 is 1.10. The number of halogens is 4. The second-order valence-electron chi connectivity index (χ2n) is 5.95. The van der Waals surface area contributed by atoms with Crippen LogP contribution in [0.4, 0.5) is 23.2 Å². The van der Waals surface area contributed by atoms with Crippen LogP contribution in [0.5, 0.6) is 0 Å². The van der Waals surface area contributed by atoms with Crippen molar-refractivity contribution in [1.29, 1.82) is 0 Å². The topological polar surface area (TPSA) is 83.6 Å². The Labute approximate surface area is 164 Å². The molecule has 0 saturated carbocycles. The van der Waals surface area contributed by atoms with Crippen molar-refractivity contribution in [2.75, 3.05) is 11.1 Å². The van der Waals surface area contributed by atoms with Crippen LogP contribution in [0.25, 0.3) is 22.1 Å². The first-order valence-corrected chi connectivity index (χ1v) is 9.29. The third-order valence-electron chi connectivity index (χ3n) is 4.04. The molecule has 0 saturated heterocycles. The molecule has 0 atom stereocenters. The number of anilines is 1. The summed E-state index contributed by atoms with van der Waals surface area (Å²) in [6.45, 7) is 0. The fourth-order valence-corrected chi connectivity index (χ4v) is 3.41. The van der Waals surface area contributed by atoms with Gasteiger partial charge in [0.05, 0.1) is 0 Å². The Hall–Kier alpha value is -3.21. The number of nitrogens with one attached hydrogen (secondary N) is 2. The Kier molecular flexibility index (Phi) is 5.05. The fourth-order valence-electron chi connectivity index (χ4n) is 2.69. The van der Waals surface area contributed by atoms with E-state index in [0.717, 1.165) is 22.7 Å². The van der Waals surface area contributed by atoms with Gasteiger partial charge in [0.1, 0.15) is 11.2 Å². The molecule has 0 aliphatic heterocycles. The summed E-state index contributed by atoms with van der Waals surface area (Å²) in [4.78, 5) is 19.3. The lowest BCUT2D eigenvalue weighted by Gasteiger charge is -2.08. The highest BCUT2D eigenvalue weighted by atomic mass is 32.2. The number of aromatic amines is 1. The van der Waals surface area contributed by atoms with E-state index in [9.17, 15) is 22.4 Å². The van der Waals surface area contributed by atoms with Crippen LogP contribution in [-0.2, 0) is 4.79 Å². The summed E-state index contributed by atoms with van der Waals surface area (Å²) in [5, 5.41) is 11.1. The van der Waals surface area contributed by atoms with Gasteiger partial charge in [-0.1, -0.05) is 30.0 Å². The molecule has 6 nitrogen and oxygen atoms in total. The van der Waals surface area contributed by atoms with E-state index in [1.54, 1.807) is 0 Å². The summed E-state index contributed by atoms with van der Waals surface area (Å²) < 4.78 is 53.6. The SMILES string of the molecule is O=C(CCSc1nnc2c(n1)[nH]c1ccccc12)Nc1c(F)c(F)cc(F)c1F. The lowest BCUT2D eigenvalue weighted by Crippen LogP contribution is -2.16. The second-order valence-corrected chi connectivity index (χ2v) is 7.01. The molecule has 29 heavy (non-hydrogen) atoms. The van der Waals surface area contributed by atoms with Gasteiger partial charge in [0.25, 0.3) is 0 Å². The molecule has 4 rings (SSSR count). The van der Waals surface area contributed by atoms with Gasteiger partial charge in [-0.15, -0.1) is 10.2 Å². The number of benzene rings is 2. The van der Waals surface area contributed by atoms with Crippen molar-refractivity contribution >= 4 is 45.4 Å². The first-order chi connectivity index (χ1) is 13.9. The predicted molar refractivity (Wildman–Crippen MR) is 99.4 cm³/mol. The van der Waals surface area contributed by atoms with Crippen LogP contribution >= 0.6 is 11.8 Å². The number of amides is 1. The third kappa shape index (κ3) is 3.73. The van der Waals surface area contributed by atoms with Crippen LogP contribution in [0.1, 0.15) is 6.42 Å². The third-order valence-corrected chi connectivity index (χ3v) is 4.88. The van der Waals surface area contributed by atoms with Crippen molar-refractivity contribution in [3.63, 3.8) is 0 Å². The molecule has 4 aromatic rings. The average Bonchev–Trinajstić information content (AvgIpc) is 3.07. The number of hydrogen-bond acceptors (Lipinski definition) is 5. The molecule has 0 fully saturated rings. The number of hydrogen-bond donors (Lipinski definition) is 2. The summed E-state index contributed by atoms with van der Waals surface area (Å²) in [5.41, 5.74) is 0.849. The highest BCUT2D eigenvalue weighted by molar-refractivity contribution is 7.99. The highest BCUT2D eigenvalue weighted by Gasteiger charge is 2.20. The zero-order valence-electron chi connectivity index (χ0n) is 14.5. The maximum absolute atomic E-state index is 13.6. The molecular weight excluding hydrogens is 410 g/mol. The lowest BCUT2D eigenvalue weighted by molar-refractivity contribution is -0.115. The number of aromatic nitrogens is 4. The Morgan fingerprint density at radius 1 is 1.07 bits per heavy atom. The minimum Gasteiger partial charge on any atom is -0.338 e. The van der Waals surface area contributed by atoms with Gasteiger partial charge in [-0.3, -0.25) is 4.79 Å². The summed E-state index contributed by atoms with van der Waals surface area (Å²) in [6.07, 6.45) is -0.199. The van der Waals surface area contributed by atoms with Gasteiger partial charge in [0.2, 0.25) is 11.1 Å². The Balaban J connectivity index is 1.41. The maximum atomic E-state index is 13.6. The molecule has 11 heteroatoms. The number of para-hydroxylation sites is 1. The van der Waals surface area contributed by atoms with Crippen molar-refractivity contribution in [2.45, 2.75) is 11.6 Å². The maximum Gasteiger partial charge on any atom is 0.225 e. The zero-order valence-corrected chi connectivity index (χ0v) is 15.3. The van der Waals surface area contributed by atoms with Crippen molar-refractivity contribution in [3.05, 3.63) is 53.6 Å². The minimum atomic E-state index is -1.67. The standard InChI is InChI=1S/C18H11F4N5OS/c19-9-7-10(20)14(22)16(13(9)21)24-12(28)5-6-29-18-25-17-15(26-27-18)8-3-1-2-4-11(8)23-17/h1-4,7H,5-6H2,(H,24,28)(H,23,25,27). The van der Waals surface area contributed by atoms with Gasteiger partial charge in [0, 0.05) is 29.1 Å². The fraction of sp³-hybridized carbons (Fsp3) is 0.111. The van der Waals surface area contributed by atoms with Gasteiger partial charge in [0.15, 0.2) is 28.9 Å². The molecule has 0 radical (unpaired) electrons. The molecule has 2 N–H and O–H groups in total. The summed E-state index contributed by atoms with van der Waals surface area (Å²) in [6, 6.07) is 7.57. The van der Waals surface area contributed by atoms with Gasteiger partial charge < -0.3 is 10.3 Å². The van der Waals surface area contributed by atoms with E-state index in [2.05, 4.69) is 20.2 Å². The number of H-pyrrole nitrogens is 1. The molecule has 2 aromatic carbocycles. The monoisotopic (exact) mass is 421 g/mol. The molecule has 0 unspecified atom stereocenters. The Bertz CT molecular complexity index is 1220. The van der Waals surface area contributed by atoms with Crippen molar-refractivity contribution < 1.29 is 22.4 Å². The van der Waals surface area contributed by atoms with Crippen LogP contribution in [0.2, 0.25) is 0 Å². The molecule has 148 valence electrons. The molecule has 0 spiro atoms. The van der Waals surface area contributed by atoms with Gasteiger partial charge >= 0.3 is 0 Å². The van der Waals surface area contributed by atoms with Crippen LogP contribution in [-0.4, -0.2) is 31.8 Å². The Morgan fingerprint density at radius 3 is 2.55 bits per heavy atom. The summed E-state index contributed by atoms with van der Waals surface area (Å²) in [7, 11) is 0. The zero-order chi connectivity index (χ0) is 20.5. The van der Waals surface area contributed by atoms with Crippen molar-refractivity contribution in [1.82, 2.24) is 20.2 Å². The van der Waals surface area contributed by atoms with Crippen LogP contribution < -0.4 is 5.32 Å². The molecular formula is C18H11F4N5OS. The smallest absolute Gasteiger partial charge is 0.225 e. The van der Waals surface area contributed by atoms with Gasteiger partial charge in [-0.05, 0) is 6.07 Å². The second kappa shape index (κ2) is 7.66. The Morgan fingerprint density at radius 2 is 1.79 bits per heavy atom. The first-order valence-electron chi connectivity index (χ1n) is 8.31. The average molecular weight is 421 g/mol. The number of thioether (sulfide) groups is 1. The highest BCUT2D eigenvalue weighted by Crippen LogP contribution is 2.25. The van der Waals surface area contributed by atoms with E-state index in [-0.39, 0.29) is 18.2 Å². The number of carbonyl (C=O) groups is 1. The van der Waals surface area contributed by atoms with E-state index in [0.29, 0.717) is 16.3 Å². The largest absolute Gasteiger partial charge is 0.338 e. The summed E-state index contributed by atoms with van der Waals surface area (Å²) in [5.74, 6) is -7.19. The molecule has 0 bridgehead atoms. The minimum absolute atomic E-state index is 0.0701. The van der Waals surface area contributed by atoms with Gasteiger partial charge in [-0.2, -0.15) is 0 Å². The van der Waals surface area contributed by atoms with E-state index in [1.165, 1.54) is 0 Å². The van der Waals surface area contributed by atoms with E-state index < -0.39 is 34.9 Å². The predicted octanol–water partition coefficient (Wildman–Crippen LogP) is 4.18. The van der Waals surface area contributed by atoms with Crippen LogP contribution in [0.15, 0.2) is 35.5 Å². The first kappa shape index (κ1) is 19.1. The normalized spacial score (nSPS) is 11.3. The molecule has 0 aliphatic rings. The number of carbonyl (C=O) groups excluding carboxylic acids is 1. The number of nitrogens with zero attached hydrogens (tertiary/aromatic N) is 3.